The van der Waals surface area contributed by atoms with Crippen molar-refractivity contribution >= 4 is 17.7 Å². The van der Waals surface area contributed by atoms with Gasteiger partial charge in [0.2, 0.25) is 5.91 Å². The second-order valence-corrected chi connectivity index (χ2v) is 6.02. The lowest BCUT2D eigenvalue weighted by molar-refractivity contribution is -0.143. The van der Waals surface area contributed by atoms with E-state index in [9.17, 15) is 4.79 Å². The normalized spacial score (nSPS) is 39.8. The average molecular weight is 213 g/mol. The number of fused-ring (bicyclic) bond motifs is 1. The van der Waals surface area contributed by atoms with Crippen molar-refractivity contribution in [3.8, 4) is 0 Å². The first kappa shape index (κ1) is 9.00. The molecule has 0 bridgehead atoms. The number of β-lactam (4-membered cyclic amide) rings is 1. The smallest absolute Gasteiger partial charge is 0.243 e. The van der Waals surface area contributed by atoms with Crippen LogP contribution in [0, 0.1) is 0 Å². The lowest BCUT2D eigenvalue weighted by atomic mass is 9.95. The molecule has 5 heteroatoms. The predicted molar refractivity (Wildman–Crippen MR) is 55.9 cm³/mol. The van der Waals surface area contributed by atoms with E-state index in [0.29, 0.717) is 4.75 Å². The monoisotopic (exact) mass is 213 g/mol. The van der Waals surface area contributed by atoms with Gasteiger partial charge in [-0.15, -0.1) is 11.8 Å². The Balaban J connectivity index is 1.77. The number of piperidine rings is 1. The molecule has 0 aromatic rings. The Kier molecular flexibility index (Phi) is 1.84. The van der Waals surface area contributed by atoms with Crippen molar-refractivity contribution in [1.29, 1.82) is 0 Å². The number of nitrogens with one attached hydrogen (secondary N) is 1. The molecule has 1 unspecified atom stereocenters. The number of nitrogens with zero attached hydrogens (tertiary/aromatic N) is 1. The molecule has 2 atom stereocenters. The van der Waals surface area contributed by atoms with E-state index in [1.165, 1.54) is 12.8 Å². The molecule has 3 fully saturated rings. The number of carbonyl (C=O) groups excluding carboxylic acids is 1. The van der Waals surface area contributed by atoms with Crippen molar-refractivity contribution in [3.05, 3.63) is 0 Å². The highest BCUT2D eigenvalue weighted by Gasteiger charge is 2.57. The van der Waals surface area contributed by atoms with Crippen LogP contribution in [-0.2, 0) is 4.79 Å². The second kappa shape index (κ2) is 2.87. The fourth-order valence-electron chi connectivity index (χ4n) is 2.62. The van der Waals surface area contributed by atoms with Crippen LogP contribution in [0.15, 0.2) is 0 Å². The van der Waals surface area contributed by atoms with E-state index >= 15 is 0 Å². The van der Waals surface area contributed by atoms with Gasteiger partial charge in [0.05, 0.1) is 0 Å². The highest BCUT2D eigenvalue weighted by molar-refractivity contribution is 8.01. The van der Waals surface area contributed by atoms with Crippen LogP contribution in [0.1, 0.15) is 12.8 Å². The Morgan fingerprint density at radius 1 is 1.50 bits per heavy atom. The zero-order chi connectivity index (χ0) is 9.76. The highest BCUT2D eigenvalue weighted by Crippen LogP contribution is 2.49. The van der Waals surface area contributed by atoms with Crippen LogP contribution in [0.2, 0.25) is 0 Å². The van der Waals surface area contributed by atoms with E-state index in [4.69, 9.17) is 5.73 Å². The standard InChI is InChI=1S/C9H15N3OS/c10-6-7(13)12-5-9(14-8(6)12)1-3-11-4-2-9/h6,8,11H,1-5,10H2/t6?,8-/m1/s1. The summed E-state index contributed by atoms with van der Waals surface area (Å²) < 4.78 is 0.319. The number of hydrogen-bond donors (Lipinski definition) is 2. The minimum atomic E-state index is -0.228. The molecule has 3 saturated heterocycles. The quantitative estimate of drug-likeness (QED) is 0.525. The Bertz CT molecular complexity index is 277. The van der Waals surface area contributed by atoms with Gasteiger partial charge in [0.1, 0.15) is 11.4 Å². The Labute approximate surface area is 87.6 Å². The van der Waals surface area contributed by atoms with E-state index in [2.05, 4.69) is 5.32 Å². The summed E-state index contributed by atoms with van der Waals surface area (Å²) >= 11 is 1.94. The van der Waals surface area contributed by atoms with Gasteiger partial charge in [-0.3, -0.25) is 4.79 Å². The number of amides is 1. The van der Waals surface area contributed by atoms with Gasteiger partial charge in [0, 0.05) is 11.3 Å². The number of nitrogens with two attached hydrogens (primary N) is 1. The fourth-order valence-corrected chi connectivity index (χ4v) is 4.35. The maximum atomic E-state index is 11.4. The molecule has 1 amide bonds. The van der Waals surface area contributed by atoms with Gasteiger partial charge in [0.15, 0.2) is 0 Å². The Morgan fingerprint density at radius 2 is 2.21 bits per heavy atom. The molecule has 0 radical (unpaired) electrons. The van der Waals surface area contributed by atoms with Gasteiger partial charge in [-0.25, -0.2) is 0 Å². The number of rotatable bonds is 0. The van der Waals surface area contributed by atoms with E-state index in [0.717, 1.165) is 19.6 Å². The molecular formula is C9H15N3OS. The van der Waals surface area contributed by atoms with Crippen LogP contribution < -0.4 is 11.1 Å². The minimum absolute atomic E-state index is 0.151. The van der Waals surface area contributed by atoms with Crippen LogP contribution >= 0.6 is 11.8 Å². The zero-order valence-electron chi connectivity index (χ0n) is 8.03. The first-order valence-corrected chi connectivity index (χ1v) is 6.04. The lowest BCUT2D eigenvalue weighted by Crippen LogP contribution is -2.64. The first-order valence-electron chi connectivity index (χ1n) is 5.17. The van der Waals surface area contributed by atoms with Gasteiger partial charge < -0.3 is 16.0 Å². The minimum Gasteiger partial charge on any atom is -0.326 e. The highest BCUT2D eigenvalue weighted by atomic mass is 32.2. The molecule has 4 nitrogen and oxygen atoms in total. The Morgan fingerprint density at radius 3 is 2.86 bits per heavy atom. The first-order chi connectivity index (χ1) is 6.72. The van der Waals surface area contributed by atoms with E-state index in [1.54, 1.807) is 0 Å². The summed E-state index contributed by atoms with van der Waals surface area (Å²) in [6.45, 7) is 3.09. The van der Waals surface area contributed by atoms with Crippen molar-refractivity contribution in [1.82, 2.24) is 10.2 Å². The summed E-state index contributed by atoms with van der Waals surface area (Å²) in [4.78, 5) is 13.4. The summed E-state index contributed by atoms with van der Waals surface area (Å²) in [7, 11) is 0. The topological polar surface area (TPSA) is 58.4 Å². The number of carbonyl (C=O) groups is 1. The maximum Gasteiger partial charge on any atom is 0.243 e. The molecular weight excluding hydrogens is 198 g/mol. The van der Waals surface area contributed by atoms with E-state index in [1.807, 2.05) is 16.7 Å². The summed E-state index contributed by atoms with van der Waals surface area (Å²) in [5.41, 5.74) is 5.77. The molecule has 3 rings (SSSR count). The van der Waals surface area contributed by atoms with E-state index in [-0.39, 0.29) is 17.3 Å². The summed E-state index contributed by atoms with van der Waals surface area (Å²) in [6, 6.07) is -0.228. The molecule has 0 aromatic heterocycles. The lowest BCUT2D eigenvalue weighted by Gasteiger charge is -2.39. The predicted octanol–water partition coefficient (Wildman–Crippen LogP) is -0.649. The van der Waals surface area contributed by atoms with Crippen molar-refractivity contribution in [3.63, 3.8) is 0 Å². The molecule has 78 valence electrons. The van der Waals surface area contributed by atoms with Gasteiger partial charge in [-0.2, -0.15) is 0 Å². The van der Waals surface area contributed by atoms with Crippen molar-refractivity contribution in [2.24, 2.45) is 5.73 Å². The molecule has 1 spiro atoms. The van der Waals surface area contributed by atoms with Gasteiger partial charge in [-0.1, -0.05) is 0 Å². The SMILES string of the molecule is NC1C(=O)N2CC3(CCNCC3)S[C@H]12. The largest absolute Gasteiger partial charge is 0.326 e. The van der Waals surface area contributed by atoms with Crippen LogP contribution in [0.25, 0.3) is 0 Å². The third kappa shape index (κ3) is 1.06. The van der Waals surface area contributed by atoms with Gasteiger partial charge in [0.25, 0.3) is 0 Å². The van der Waals surface area contributed by atoms with Crippen LogP contribution in [-0.4, -0.2) is 46.6 Å². The molecule has 0 saturated carbocycles. The van der Waals surface area contributed by atoms with E-state index < -0.39 is 0 Å². The van der Waals surface area contributed by atoms with Gasteiger partial charge >= 0.3 is 0 Å². The van der Waals surface area contributed by atoms with Crippen LogP contribution in [0.3, 0.4) is 0 Å². The summed E-state index contributed by atoms with van der Waals surface area (Å²) in [5.74, 6) is 0.151. The van der Waals surface area contributed by atoms with Crippen LogP contribution in [0.5, 0.6) is 0 Å². The fraction of sp³-hybridized carbons (Fsp3) is 0.889. The summed E-state index contributed by atoms with van der Waals surface area (Å²) in [6.07, 6.45) is 2.34. The average Bonchev–Trinajstić information content (AvgIpc) is 2.55. The molecule has 3 N–H and O–H groups in total. The number of hydrogen-bond acceptors (Lipinski definition) is 4. The molecule has 14 heavy (non-hydrogen) atoms. The van der Waals surface area contributed by atoms with Crippen molar-refractivity contribution in [2.45, 2.75) is 29.0 Å². The van der Waals surface area contributed by atoms with Gasteiger partial charge in [-0.05, 0) is 25.9 Å². The zero-order valence-corrected chi connectivity index (χ0v) is 8.85. The third-order valence-electron chi connectivity index (χ3n) is 3.53. The second-order valence-electron chi connectivity index (χ2n) is 4.43. The third-order valence-corrected chi connectivity index (χ3v) is 5.35. The molecule has 3 aliphatic rings. The summed E-state index contributed by atoms with van der Waals surface area (Å²) in [5, 5.41) is 3.64. The Hall–Kier alpha value is -0.260. The molecule has 0 aliphatic carbocycles. The molecule has 3 aliphatic heterocycles. The van der Waals surface area contributed by atoms with Crippen molar-refractivity contribution < 1.29 is 4.79 Å². The number of thioether (sulfide) groups is 1. The van der Waals surface area contributed by atoms with Crippen LogP contribution in [0.4, 0.5) is 0 Å². The maximum absolute atomic E-state index is 11.4. The van der Waals surface area contributed by atoms with Crippen molar-refractivity contribution in [2.75, 3.05) is 19.6 Å². The molecule has 3 heterocycles. The molecule has 0 aromatic carbocycles.